The molecule has 0 N–H and O–H groups in total. The summed E-state index contributed by atoms with van der Waals surface area (Å²) in [7, 11) is 0. The highest BCUT2D eigenvalue weighted by Gasteiger charge is 2.53. The van der Waals surface area contributed by atoms with Crippen molar-refractivity contribution in [1.29, 1.82) is 0 Å². The molecule has 5 nitrogen and oxygen atoms in total. The first-order chi connectivity index (χ1) is 14.8. The zero-order valence-electron chi connectivity index (χ0n) is 18.3. The molecule has 5 unspecified atom stereocenters. The molecule has 1 amide bonds. The lowest BCUT2D eigenvalue weighted by Gasteiger charge is -2.40. The molecular formula is C24H30ClFN2O3. The normalized spacial score (nSPS) is 30.5. The smallest absolute Gasteiger partial charge is 0.290 e. The van der Waals surface area contributed by atoms with Crippen LogP contribution in [0.5, 0.6) is 0 Å². The Kier molecular flexibility index (Phi) is 6.40. The molecule has 4 rings (SSSR count). The molecule has 0 aromatic heterocycles. The summed E-state index contributed by atoms with van der Waals surface area (Å²) in [5.74, 6) is -0.576. The van der Waals surface area contributed by atoms with Gasteiger partial charge in [-0.3, -0.25) is 9.59 Å². The van der Waals surface area contributed by atoms with Gasteiger partial charge in [-0.15, -0.1) is 11.6 Å². The van der Waals surface area contributed by atoms with Gasteiger partial charge in [0, 0.05) is 18.5 Å². The Labute approximate surface area is 188 Å². The Bertz CT molecular complexity index is 883. The Balaban J connectivity index is 1.70. The Morgan fingerprint density at radius 1 is 1.16 bits per heavy atom. The SMILES string of the molecule is CCN(CC)CCN1C(=O)C2=C(C(=O)C3CC(Cl)C(C)CC3O2)C1c1ccc(F)cc1. The predicted molar refractivity (Wildman–Crippen MR) is 117 cm³/mol. The van der Waals surface area contributed by atoms with Crippen LogP contribution in [0, 0.1) is 17.7 Å². The number of carbonyl (C=O) groups excluding carboxylic acids is 2. The van der Waals surface area contributed by atoms with Gasteiger partial charge in [0.25, 0.3) is 5.91 Å². The lowest BCUT2D eigenvalue weighted by Crippen LogP contribution is -2.44. The summed E-state index contributed by atoms with van der Waals surface area (Å²) in [6, 6.07) is 5.49. The van der Waals surface area contributed by atoms with Crippen molar-refractivity contribution in [2.75, 3.05) is 26.2 Å². The Morgan fingerprint density at radius 2 is 1.84 bits per heavy atom. The molecule has 0 bridgehead atoms. The lowest BCUT2D eigenvalue weighted by atomic mass is 9.74. The fraction of sp³-hybridized carbons (Fsp3) is 0.583. The molecule has 0 saturated heterocycles. The molecule has 3 aliphatic rings. The summed E-state index contributed by atoms with van der Waals surface area (Å²) in [6.45, 7) is 9.13. The van der Waals surface area contributed by atoms with Crippen LogP contribution in [-0.2, 0) is 14.3 Å². The van der Waals surface area contributed by atoms with Crippen LogP contribution in [0.3, 0.4) is 0 Å². The number of ketones is 1. The van der Waals surface area contributed by atoms with Gasteiger partial charge in [-0.2, -0.15) is 0 Å². The van der Waals surface area contributed by atoms with Gasteiger partial charge in [0.05, 0.1) is 17.5 Å². The van der Waals surface area contributed by atoms with Gasteiger partial charge in [0.15, 0.2) is 11.5 Å². The van der Waals surface area contributed by atoms with E-state index in [0.29, 0.717) is 31.5 Å². The topological polar surface area (TPSA) is 49.9 Å². The van der Waals surface area contributed by atoms with Crippen LogP contribution in [-0.4, -0.2) is 59.2 Å². The molecule has 1 saturated carbocycles. The minimum atomic E-state index is -0.555. The third-order valence-corrected chi connectivity index (χ3v) is 7.65. The van der Waals surface area contributed by atoms with Crippen molar-refractivity contribution < 1.29 is 18.7 Å². The largest absolute Gasteiger partial charge is 0.483 e. The molecule has 0 radical (unpaired) electrons. The first-order valence-corrected chi connectivity index (χ1v) is 11.7. The average molecular weight is 449 g/mol. The third-order valence-electron chi connectivity index (χ3n) is 7.04. The number of rotatable bonds is 6. The molecule has 2 heterocycles. The summed E-state index contributed by atoms with van der Waals surface area (Å²) >= 11 is 6.49. The number of hydrogen-bond acceptors (Lipinski definition) is 4. The summed E-state index contributed by atoms with van der Waals surface area (Å²) in [5.41, 5.74) is 1.14. The van der Waals surface area contributed by atoms with Crippen molar-refractivity contribution in [2.24, 2.45) is 11.8 Å². The van der Waals surface area contributed by atoms with E-state index in [1.54, 1.807) is 17.0 Å². The van der Waals surface area contributed by atoms with Crippen LogP contribution in [0.1, 0.15) is 45.2 Å². The number of ether oxygens (including phenoxy) is 1. The van der Waals surface area contributed by atoms with Gasteiger partial charge in [-0.05, 0) is 49.5 Å². The highest BCUT2D eigenvalue weighted by atomic mass is 35.5. The van der Waals surface area contributed by atoms with Crippen molar-refractivity contribution in [2.45, 2.75) is 51.1 Å². The molecule has 31 heavy (non-hydrogen) atoms. The van der Waals surface area contributed by atoms with E-state index in [-0.39, 0.29) is 46.6 Å². The molecule has 1 aromatic rings. The number of halogens is 2. The first kappa shape index (κ1) is 22.3. The second-order valence-corrected chi connectivity index (χ2v) is 9.37. The van der Waals surface area contributed by atoms with E-state index in [0.717, 1.165) is 18.7 Å². The number of Topliss-reactive ketones (excluding diaryl/α,β-unsaturated/α-hetero) is 1. The zero-order chi connectivity index (χ0) is 22.3. The van der Waals surface area contributed by atoms with Crippen molar-refractivity contribution in [3.05, 3.63) is 47.0 Å². The van der Waals surface area contributed by atoms with E-state index in [9.17, 15) is 14.0 Å². The molecule has 2 aliphatic heterocycles. The summed E-state index contributed by atoms with van der Waals surface area (Å²) in [6.07, 6.45) is 0.902. The summed E-state index contributed by atoms with van der Waals surface area (Å²) < 4.78 is 19.8. The fourth-order valence-corrected chi connectivity index (χ4v) is 5.37. The minimum absolute atomic E-state index is 0.0446. The van der Waals surface area contributed by atoms with Crippen LogP contribution < -0.4 is 0 Å². The number of alkyl halides is 1. The van der Waals surface area contributed by atoms with Crippen molar-refractivity contribution in [3.8, 4) is 0 Å². The number of carbonyl (C=O) groups is 2. The summed E-state index contributed by atoms with van der Waals surface area (Å²) in [5, 5.41) is -0.0869. The number of fused-ring (bicyclic) bond motifs is 1. The fourth-order valence-electron chi connectivity index (χ4n) is 5.08. The number of nitrogens with zero attached hydrogens (tertiary/aromatic N) is 2. The third kappa shape index (κ3) is 4.00. The van der Waals surface area contributed by atoms with Crippen LogP contribution in [0.15, 0.2) is 35.6 Å². The Morgan fingerprint density at radius 3 is 2.48 bits per heavy atom. The number of hydrogen-bond donors (Lipinski definition) is 0. The predicted octanol–water partition coefficient (Wildman–Crippen LogP) is 3.93. The molecule has 1 aliphatic carbocycles. The second kappa shape index (κ2) is 8.91. The maximum absolute atomic E-state index is 13.6. The Hall–Kier alpha value is -1.92. The highest BCUT2D eigenvalue weighted by molar-refractivity contribution is 6.21. The molecular weight excluding hydrogens is 419 g/mol. The van der Waals surface area contributed by atoms with Gasteiger partial charge >= 0.3 is 0 Å². The van der Waals surface area contributed by atoms with Gasteiger partial charge in [-0.25, -0.2) is 4.39 Å². The van der Waals surface area contributed by atoms with Crippen LogP contribution in [0.2, 0.25) is 0 Å². The van der Waals surface area contributed by atoms with E-state index in [4.69, 9.17) is 16.3 Å². The minimum Gasteiger partial charge on any atom is -0.483 e. The number of amides is 1. The van der Waals surface area contributed by atoms with Gasteiger partial charge in [0.1, 0.15) is 11.9 Å². The molecule has 168 valence electrons. The number of likely N-dealkylation sites (N-methyl/N-ethyl adjacent to an activating group) is 1. The van der Waals surface area contributed by atoms with Crippen molar-refractivity contribution in [1.82, 2.24) is 9.80 Å². The van der Waals surface area contributed by atoms with E-state index >= 15 is 0 Å². The zero-order valence-corrected chi connectivity index (χ0v) is 19.1. The molecule has 1 fully saturated rings. The van der Waals surface area contributed by atoms with Gasteiger partial charge < -0.3 is 14.5 Å². The maximum atomic E-state index is 13.6. The maximum Gasteiger partial charge on any atom is 0.290 e. The van der Waals surface area contributed by atoms with Crippen LogP contribution in [0.4, 0.5) is 4.39 Å². The van der Waals surface area contributed by atoms with Crippen molar-refractivity contribution >= 4 is 23.3 Å². The standard InChI is InChI=1S/C24H30ClFN2O3/c1-4-27(5-2)10-11-28-21(15-6-8-16(26)9-7-15)20-22(29)17-13-18(25)14(3)12-19(17)31-23(20)24(28)30/h6-9,14,17-19,21H,4-5,10-13H2,1-3H3. The first-order valence-electron chi connectivity index (χ1n) is 11.2. The van der Waals surface area contributed by atoms with E-state index < -0.39 is 6.04 Å². The average Bonchev–Trinajstić information content (AvgIpc) is 3.03. The van der Waals surface area contributed by atoms with Gasteiger partial charge in [-0.1, -0.05) is 32.9 Å². The second-order valence-electron chi connectivity index (χ2n) is 8.81. The lowest BCUT2D eigenvalue weighted by molar-refractivity contribution is -0.136. The molecule has 0 spiro atoms. The van der Waals surface area contributed by atoms with E-state index in [1.165, 1.54) is 12.1 Å². The highest BCUT2D eigenvalue weighted by Crippen LogP contribution is 2.48. The quantitative estimate of drug-likeness (QED) is 0.619. The van der Waals surface area contributed by atoms with Crippen LogP contribution in [0.25, 0.3) is 0 Å². The molecule has 5 atom stereocenters. The van der Waals surface area contributed by atoms with Gasteiger partial charge in [0.2, 0.25) is 0 Å². The van der Waals surface area contributed by atoms with E-state index in [1.807, 2.05) is 0 Å². The molecule has 1 aromatic carbocycles. The molecule has 7 heteroatoms. The monoisotopic (exact) mass is 448 g/mol. The summed E-state index contributed by atoms with van der Waals surface area (Å²) in [4.78, 5) is 31.0. The number of benzene rings is 1. The van der Waals surface area contributed by atoms with Crippen LogP contribution >= 0.6 is 11.6 Å². The van der Waals surface area contributed by atoms with Crippen molar-refractivity contribution in [3.63, 3.8) is 0 Å². The van der Waals surface area contributed by atoms with E-state index in [2.05, 4.69) is 25.7 Å².